The van der Waals surface area contributed by atoms with Gasteiger partial charge in [-0.25, -0.2) is 0 Å². The van der Waals surface area contributed by atoms with Crippen LogP contribution < -0.4 is 36.2 Å². The number of benzene rings is 4. The van der Waals surface area contributed by atoms with Crippen molar-refractivity contribution in [2.45, 2.75) is 64.0 Å². The number of aromatic hydroxyl groups is 1. The number of amides is 3. The molecule has 314 valence electrons. The molecule has 0 aliphatic carbocycles. The van der Waals surface area contributed by atoms with Crippen molar-refractivity contribution in [3.8, 4) is 11.5 Å². The molecule has 17 heteroatoms. The molecule has 3 amide bonds. The number of carbonyl (C=O) groups is 3. The van der Waals surface area contributed by atoms with E-state index in [9.17, 15) is 45.8 Å². The van der Waals surface area contributed by atoms with Crippen LogP contribution in [0.2, 0.25) is 0 Å². The first-order chi connectivity index (χ1) is 28.1. The number of nitrogens with one attached hydrogen (secondary N) is 3. The number of rotatable bonds is 8. The van der Waals surface area contributed by atoms with E-state index in [1.165, 1.54) is 24.3 Å². The normalized spacial score (nSPS) is 15.5. The van der Waals surface area contributed by atoms with Crippen molar-refractivity contribution in [3.63, 3.8) is 0 Å². The van der Waals surface area contributed by atoms with Gasteiger partial charge in [0.2, 0.25) is 0 Å². The van der Waals surface area contributed by atoms with Gasteiger partial charge in [0.25, 0.3) is 17.7 Å². The Morgan fingerprint density at radius 3 is 1.68 bits per heavy atom. The maximum atomic E-state index is 13.3. The lowest BCUT2D eigenvalue weighted by Crippen LogP contribution is -2.32. The number of nitrogens with zero attached hydrogens (tertiary/aromatic N) is 2. The number of halogens is 6. The summed E-state index contributed by atoms with van der Waals surface area (Å²) in [5.74, 6) is -1.32. The Bertz CT molecular complexity index is 2170. The summed E-state index contributed by atoms with van der Waals surface area (Å²) in [6.07, 6.45) is -3.09. The Labute approximate surface area is 336 Å². The highest BCUT2D eigenvalue weighted by Gasteiger charge is 2.33. The molecule has 7 rings (SSSR count). The van der Waals surface area contributed by atoms with E-state index in [2.05, 4.69) is 16.0 Å². The number of para-hydroxylation sites is 2. The second-order valence-electron chi connectivity index (χ2n) is 14.4. The molecule has 59 heavy (non-hydrogen) atoms. The number of piperidine rings is 2. The largest absolute Gasteiger partial charge is 0.505 e. The molecule has 3 aliphatic heterocycles. The number of nitrogens with two attached hydrogens (primary N) is 1. The Kier molecular flexibility index (Phi) is 13.1. The van der Waals surface area contributed by atoms with Crippen LogP contribution in [0.1, 0.15) is 81.5 Å². The summed E-state index contributed by atoms with van der Waals surface area (Å²) in [5, 5.41) is 18.0. The number of phenols is 1. The van der Waals surface area contributed by atoms with Gasteiger partial charge in [-0.05, 0) is 98.2 Å². The van der Waals surface area contributed by atoms with Crippen molar-refractivity contribution in [2.75, 3.05) is 53.6 Å². The lowest BCUT2D eigenvalue weighted by atomic mass is 10.0. The monoisotopic (exact) mass is 826 g/mol. The first-order valence-corrected chi connectivity index (χ1v) is 19.2. The van der Waals surface area contributed by atoms with Crippen molar-refractivity contribution in [3.05, 3.63) is 106 Å². The number of phenolic OH excluding ortho intramolecular Hbond substituents is 1. The molecule has 4 aromatic carbocycles. The number of carbonyl (C=O) groups excluding carboxylic acids is 3. The molecule has 0 saturated carbocycles. The fourth-order valence-electron chi connectivity index (χ4n) is 7.22. The van der Waals surface area contributed by atoms with Crippen LogP contribution >= 0.6 is 0 Å². The quantitative estimate of drug-likeness (QED) is 0.0685. The van der Waals surface area contributed by atoms with Crippen molar-refractivity contribution in [2.24, 2.45) is 0 Å². The molecule has 6 N–H and O–H groups in total. The van der Waals surface area contributed by atoms with Crippen LogP contribution in [-0.4, -0.2) is 55.6 Å². The van der Waals surface area contributed by atoms with Gasteiger partial charge in [-0.2, -0.15) is 26.3 Å². The van der Waals surface area contributed by atoms with Crippen LogP contribution in [0.3, 0.4) is 0 Å². The van der Waals surface area contributed by atoms with Gasteiger partial charge in [-0.15, -0.1) is 0 Å². The standard InChI is InChI=1S/C22H22F3N3O3.C20H22F3N3O2/c23-22(24,25)15-8-7-14(18(11-15)28-9-2-1-3-10-28)12-26-21(30)16-5-4-6-17-20(16)31-13-19(29)27-17;21-20(22,23)14-8-7-13(17(11-14)26-9-2-1-3-10-26)12-25-19(28)15-5-4-6-16(24)18(15)27/h4-8,11H,1-3,9-10,12-13H2,(H,26,30)(H,27,29);4-8,11,27H,1-3,9-10,12,24H2,(H,25,28). The predicted molar refractivity (Wildman–Crippen MR) is 210 cm³/mol. The van der Waals surface area contributed by atoms with E-state index in [0.29, 0.717) is 54.4 Å². The summed E-state index contributed by atoms with van der Waals surface area (Å²) in [6, 6.07) is 16.5. The van der Waals surface area contributed by atoms with E-state index in [-0.39, 0.29) is 53.9 Å². The van der Waals surface area contributed by atoms with Crippen molar-refractivity contribution in [1.82, 2.24) is 10.6 Å². The smallest absolute Gasteiger partial charge is 0.416 e. The summed E-state index contributed by atoms with van der Waals surface area (Å²) >= 11 is 0. The van der Waals surface area contributed by atoms with E-state index in [0.717, 1.165) is 62.8 Å². The Hall–Kier alpha value is -6.13. The van der Waals surface area contributed by atoms with Gasteiger partial charge in [-0.1, -0.05) is 24.3 Å². The van der Waals surface area contributed by atoms with Crippen LogP contribution in [-0.2, 0) is 30.2 Å². The maximum Gasteiger partial charge on any atom is 0.416 e. The molecule has 0 spiro atoms. The van der Waals surface area contributed by atoms with Crippen molar-refractivity contribution in [1.29, 1.82) is 0 Å². The summed E-state index contributed by atoms with van der Waals surface area (Å²) < 4.78 is 84.6. The number of alkyl halides is 6. The molecule has 3 heterocycles. The van der Waals surface area contributed by atoms with E-state index in [1.807, 2.05) is 9.80 Å². The zero-order valence-corrected chi connectivity index (χ0v) is 31.9. The van der Waals surface area contributed by atoms with Gasteiger partial charge in [-0.3, -0.25) is 14.4 Å². The lowest BCUT2D eigenvalue weighted by molar-refractivity contribution is -0.138. The third kappa shape index (κ3) is 10.5. The minimum atomic E-state index is -4.43. The Morgan fingerprint density at radius 1 is 0.695 bits per heavy atom. The van der Waals surface area contributed by atoms with Gasteiger partial charge in [0.1, 0.15) is 0 Å². The molecule has 0 atom stereocenters. The second kappa shape index (κ2) is 18.2. The molecule has 4 aromatic rings. The summed E-state index contributed by atoms with van der Waals surface area (Å²) in [6.45, 7) is 2.64. The van der Waals surface area contributed by atoms with Crippen LogP contribution in [0.25, 0.3) is 0 Å². The highest BCUT2D eigenvalue weighted by molar-refractivity contribution is 6.03. The summed E-state index contributed by atoms with van der Waals surface area (Å²) in [5.41, 5.74) is 7.12. The van der Waals surface area contributed by atoms with Gasteiger partial charge in [0, 0.05) is 50.6 Å². The second-order valence-corrected chi connectivity index (χ2v) is 14.4. The number of nitrogen functional groups attached to an aromatic ring is 1. The first-order valence-electron chi connectivity index (χ1n) is 19.2. The van der Waals surface area contributed by atoms with E-state index < -0.39 is 35.3 Å². The molecule has 0 aromatic heterocycles. The number of anilines is 4. The minimum absolute atomic E-state index is 0.0198. The number of hydrogen-bond acceptors (Lipinski definition) is 8. The van der Waals surface area contributed by atoms with E-state index >= 15 is 0 Å². The van der Waals surface area contributed by atoms with Crippen molar-refractivity contribution < 1.29 is 50.6 Å². The highest BCUT2D eigenvalue weighted by Crippen LogP contribution is 2.37. The molecule has 0 unspecified atom stereocenters. The molecule has 3 aliphatic rings. The minimum Gasteiger partial charge on any atom is -0.505 e. The maximum absolute atomic E-state index is 13.3. The van der Waals surface area contributed by atoms with Crippen LogP contribution in [0.15, 0.2) is 72.8 Å². The molecular weight excluding hydrogens is 782 g/mol. The fraction of sp³-hybridized carbons (Fsp3) is 0.357. The molecule has 2 fully saturated rings. The fourth-order valence-corrected chi connectivity index (χ4v) is 7.22. The van der Waals surface area contributed by atoms with Crippen LogP contribution in [0.4, 0.5) is 49.1 Å². The van der Waals surface area contributed by atoms with Crippen molar-refractivity contribution >= 4 is 40.5 Å². The van der Waals surface area contributed by atoms with E-state index in [1.54, 1.807) is 24.3 Å². The Morgan fingerprint density at radius 2 is 1.17 bits per heavy atom. The molecular formula is C42H44F6N6O5. The third-order valence-electron chi connectivity index (χ3n) is 10.3. The summed E-state index contributed by atoms with van der Waals surface area (Å²) in [7, 11) is 0. The number of ether oxygens (including phenoxy) is 1. The molecule has 0 radical (unpaired) electrons. The molecule has 0 bridgehead atoms. The summed E-state index contributed by atoms with van der Waals surface area (Å²) in [4.78, 5) is 40.5. The predicted octanol–water partition coefficient (Wildman–Crippen LogP) is 7.87. The zero-order chi connectivity index (χ0) is 42.3. The first kappa shape index (κ1) is 42.5. The van der Waals surface area contributed by atoms with Crippen LogP contribution in [0.5, 0.6) is 11.5 Å². The van der Waals surface area contributed by atoms with Gasteiger partial charge >= 0.3 is 12.4 Å². The van der Waals surface area contributed by atoms with Gasteiger partial charge < -0.3 is 41.3 Å². The zero-order valence-electron chi connectivity index (χ0n) is 31.9. The van der Waals surface area contributed by atoms with Gasteiger partial charge in [0.05, 0.1) is 33.6 Å². The lowest BCUT2D eigenvalue weighted by Gasteiger charge is -2.31. The number of hydrogen-bond donors (Lipinski definition) is 5. The topological polar surface area (TPSA) is 149 Å². The average molecular weight is 827 g/mol. The average Bonchev–Trinajstić information content (AvgIpc) is 3.22. The Balaban J connectivity index is 0.000000199. The van der Waals surface area contributed by atoms with Gasteiger partial charge in [0.15, 0.2) is 18.1 Å². The number of fused-ring (bicyclic) bond motifs is 1. The third-order valence-corrected chi connectivity index (χ3v) is 10.3. The SMILES string of the molecule is Nc1cccc(C(=O)NCc2ccc(C(F)(F)F)cc2N2CCCCC2)c1O.O=C1COc2c(cccc2C(=O)NCc2ccc(C(F)(F)F)cc2N2CCCCC2)N1. The van der Waals surface area contributed by atoms with Crippen LogP contribution in [0, 0.1) is 0 Å². The highest BCUT2D eigenvalue weighted by atomic mass is 19.4. The van der Waals surface area contributed by atoms with E-state index in [4.69, 9.17) is 10.5 Å². The molecule has 11 nitrogen and oxygen atoms in total. The molecule has 2 saturated heterocycles.